The standard InChI is InChI=1S/C8H9N5S/c1-4-11-6(3-14-4)5-2-7(9)13-8(10)12-5/h2-3H,1H3,(H4,9,10,12,13). The molecule has 2 aromatic rings. The van der Waals surface area contributed by atoms with E-state index in [0.717, 1.165) is 10.7 Å². The molecule has 72 valence electrons. The Balaban J connectivity index is 2.51. The molecule has 0 saturated carbocycles. The number of nitrogens with two attached hydrogens (primary N) is 2. The van der Waals surface area contributed by atoms with E-state index >= 15 is 0 Å². The Morgan fingerprint density at radius 2 is 1.93 bits per heavy atom. The van der Waals surface area contributed by atoms with Crippen molar-refractivity contribution in [1.82, 2.24) is 15.0 Å². The molecular weight excluding hydrogens is 198 g/mol. The molecule has 2 aromatic heterocycles. The van der Waals surface area contributed by atoms with Gasteiger partial charge in [-0.3, -0.25) is 0 Å². The number of aryl methyl sites for hydroxylation is 1. The maximum absolute atomic E-state index is 5.55. The smallest absolute Gasteiger partial charge is 0.222 e. The first-order valence-corrected chi connectivity index (χ1v) is 4.85. The third kappa shape index (κ3) is 1.64. The first-order chi connectivity index (χ1) is 6.65. The second kappa shape index (κ2) is 3.22. The molecule has 4 N–H and O–H groups in total. The zero-order valence-corrected chi connectivity index (χ0v) is 8.38. The van der Waals surface area contributed by atoms with Gasteiger partial charge in [-0.2, -0.15) is 4.98 Å². The fourth-order valence-corrected chi connectivity index (χ4v) is 1.70. The van der Waals surface area contributed by atoms with Crippen LogP contribution in [0.1, 0.15) is 5.01 Å². The van der Waals surface area contributed by atoms with E-state index in [0.29, 0.717) is 11.5 Å². The van der Waals surface area contributed by atoms with Crippen molar-refractivity contribution in [3.63, 3.8) is 0 Å². The van der Waals surface area contributed by atoms with Crippen molar-refractivity contribution in [2.75, 3.05) is 11.5 Å². The van der Waals surface area contributed by atoms with Gasteiger partial charge in [-0.05, 0) is 6.92 Å². The second-order valence-electron chi connectivity index (χ2n) is 2.79. The van der Waals surface area contributed by atoms with Gasteiger partial charge in [0, 0.05) is 11.4 Å². The third-order valence-electron chi connectivity index (χ3n) is 1.64. The summed E-state index contributed by atoms with van der Waals surface area (Å²) in [6, 6.07) is 1.66. The Labute approximate surface area is 84.8 Å². The van der Waals surface area contributed by atoms with Crippen LogP contribution in [0.25, 0.3) is 11.4 Å². The summed E-state index contributed by atoms with van der Waals surface area (Å²) in [7, 11) is 0. The van der Waals surface area contributed by atoms with Crippen LogP contribution in [0.3, 0.4) is 0 Å². The monoisotopic (exact) mass is 207 g/mol. The Hall–Kier alpha value is -1.69. The van der Waals surface area contributed by atoms with Crippen LogP contribution < -0.4 is 11.5 Å². The van der Waals surface area contributed by atoms with Crippen LogP contribution in [-0.4, -0.2) is 15.0 Å². The highest BCUT2D eigenvalue weighted by atomic mass is 32.1. The van der Waals surface area contributed by atoms with Crippen LogP contribution in [-0.2, 0) is 0 Å². The molecule has 2 rings (SSSR count). The SMILES string of the molecule is Cc1nc(-c2cc(N)nc(N)n2)cs1. The van der Waals surface area contributed by atoms with Crippen LogP contribution in [0.4, 0.5) is 11.8 Å². The predicted molar refractivity (Wildman–Crippen MR) is 56.7 cm³/mol. The van der Waals surface area contributed by atoms with E-state index in [1.165, 1.54) is 0 Å². The Morgan fingerprint density at radius 1 is 1.14 bits per heavy atom. The van der Waals surface area contributed by atoms with E-state index in [1.54, 1.807) is 17.4 Å². The van der Waals surface area contributed by atoms with E-state index in [4.69, 9.17) is 11.5 Å². The maximum atomic E-state index is 5.55. The molecule has 6 heteroatoms. The normalized spacial score (nSPS) is 10.4. The van der Waals surface area contributed by atoms with E-state index in [9.17, 15) is 0 Å². The fourth-order valence-electron chi connectivity index (χ4n) is 1.10. The highest BCUT2D eigenvalue weighted by Gasteiger charge is 2.05. The van der Waals surface area contributed by atoms with Crippen LogP contribution >= 0.6 is 11.3 Å². The van der Waals surface area contributed by atoms with Crippen LogP contribution in [0.15, 0.2) is 11.4 Å². The van der Waals surface area contributed by atoms with Gasteiger partial charge in [0.15, 0.2) is 0 Å². The van der Waals surface area contributed by atoms with Crippen molar-refractivity contribution >= 4 is 23.1 Å². The zero-order chi connectivity index (χ0) is 10.1. The van der Waals surface area contributed by atoms with Gasteiger partial charge in [0.2, 0.25) is 5.95 Å². The quantitative estimate of drug-likeness (QED) is 0.730. The van der Waals surface area contributed by atoms with Gasteiger partial charge in [-0.1, -0.05) is 0 Å². The molecule has 0 saturated heterocycles. The Bertz CT molecular complexity index is 444. The molecule has 0 amide bonds. The number of hydrogen-bond acceptors (Lipinski definition) is 6. The van der Waals surface area contributed by atoms with Gasteiger partial charge in [0.05, 0.1) is 10.7 Å². The summed E-state index contributed by atoms with van der Waals surface area (Å²) in [5, 5.41) is 2.90. The minimum absolute atomic E-state index is 0.172. The lowest BCUT2D eigenvalue weighted by molar-refractivity contribution is 1.17. The van der Waals surface area contributed by atoms with E-state index < -0.39 is 0 Å². The molecule has 2 heterocycles. The van der Waals surface area contributed by atoms with Crippen molar-refractivity contribution in [3.05, 3.63) is 16.5 Å². The number of thiazole rings is 1. The number of anilines is 2. The lowest BCUT2D eigenvalue weighted by Crippen LogP contribution is -2.00. The molecule has 0 radical (unpaired) electrons. The third-order valence-corrected chi connectivity index (χ3v) is 2.42. The summed E-state index contributed by atoms with van der Waals surface area (Å²) < 4.78 is 0. The van der Waals surface area contributed by atoms with Crippen LogP contribution in [0.5, 0.6) is 0 Å². The Morgan fingerprint density at radius 3 is 2.50 bits per heavy atom. The number of hydrogen-bond donors (Lipinski definition) is 2. The molecule has 0 aliphatic carbocycles. The summed E-state index contributed by atoms with van der Waals surface area (Å²) in [6.45, 7) is 1.93. The van der Waals surface area contributed by atoms with Gasteiger partial charge in [0.25, 0.3) is 0 Å². The molecule has 0 fully saturated rings. The summed E-state index contributed by atoms with van der Waals surface area (Å²) in [4.78, 5) is 12.1. The molecule has 5 nitrogen and oxygen atoms in total. The average Bonchev–Trinajstić information content (AvgIpc) is 2.50. The topological polar surface area (TPSA) is 90.7 Å². The molecule has 0 unspecified atom stereocenters. The Kier molecular flexibility index (Phi) is 2.05. The highest BCUT2D eigenvalue weighted by Crippen LogP contribution is 2.21. The predicted octanol–water partition coefficient (Wildman–Crippen LogP) is 1.07. The molecule has 0 aliphatic rings. The van der Waals surface area contributed by atoms with Crippen LogP contribution in [0, 0.1) is 6.92 Å². The largest absolute Gasteiger partial charge is 0.384 e. The summed E-state index contributed by atoms with van der Waals surface area (Å²) in [5.74, 6) is 0.531. The molecule has 14 heavy (non-hydrogen) atoms. The minimum atomic E-state index is 0.172. The van der Waals surface area contributed by atoms with E-state index in [1.807, 2.05) is 12.3 Å². The summed E-state index contributed by atoms with van der Waals surface area (Å²) >= 11 is 1.56. The molecule has 0 aliphatic heterocycles. The minimum Gasteiger partial charge on any atom is -0.384 e. The molecule has 0 spiro atoms. The van der Waals surface area contributed by atoms with E-state index in [2.05, 4.69) is 15.0 Å². The number of nitrogen functional groups attached to an aromatic ring is 2. The number of aromatic nitrogens is 3. The highest BCUT2D eigenvalue weighted by molar-refractivity contribution is 7.09. The molecular formula is C8H9N5S. The summed E-state index contributed by atoms with van der Waals surface area (Å²) in [5.41, 5.74) is 12.5. The lowest BCUT2D eigenvalue weighted by Gasteiger charge is -1.99. The maximum Gasteiger partial charge on any atom is 0.222 e. The first kappa shape index (κ1) is 8.89. The van der Waals surface area contributed by atoms with Crippen molar-refractivity contribution in [1.29, 1.82) is 0 Å². The van der Waals surface area contributed by atoms with Crippen molar-refractivity contribution < 1.29 is 0 Å². The second-order valence-corrected chi connectivity index (χ2v) is 3.85. The number of nitrogens with zero attached hydrogens (tertiary/aromatic N) is 3. The average molecular weight is 207 g/mol. The van der Waals surface area contributed by atoms with Gasteiger partial charge in [0.1, 0.15) is 11.5 Å². The number of rotatable bonds is 1. The first-order valence-electron chi connectivity index (χ1n) is 3.97. The zero-order valence-electron chi connectivity index (χ0n) is 7.56. The lowest BCUT2D eigenvalue weighted by atomic mass is 10.3. The summed E-state index contributed by atoms with van der Waals surface area (Å²) in [6.07, 6.45) is 0. The van der Waals surface area contributed by atoms with E-state index in [-0.39, 0.29) is 5.95 Å². The van der Waals surface area contributed by atoms with Gasteiger partial charge in [-0.25, -0.2) is 9.97 Å². The van der Waals surface area contributed by atoms with Crippen LogP contribution in [0.2, 0.25) is 0 Å². The van der Waals surface area contributed by atoms with Gasteiger partial charge < -0.3 is 11.5 Å². The van der Waals surface area contributed by atoms with Gasteiger partial charge in [-0.15, -0.1) is 11.3 Å². The van der Waals surface area contributed by atoms with Gasteiger partial charge >= 0.3 is 0 Å². The van der Waals surface area contributed by atoms with Crippen molar-refractivity contribution in [2.24, 2.45) is 0 Å². The molecule has 0 bridgehead atoms. The van der Waals surface area contributed by atoms with Crippen molar-refractivity contribution in [2.45, 2.75) is 6.92 Å². The van der Waals surface area contributed by atoms with Crippen molar-refractivity contribution in [3.8, 4) is 11.4 Å². The fraction of sp³-hybridized carbons (Fsp3) is 0.125. The molecule has 0 aromatic carbocycles. The molecule has 0 atom stereocenters.